The lowest BCUT2D eigenvalue weighted by Crippen LogP contribution is -2.36. The summed E-state index contributed by atoms with van der Waals surface area (Å²) in [7, 11) is 3.39. The zero-order valence-corrected chi connectivity index (χ0v) is 27.8. The third-order valence-corrected chi connectivity index (χ3v) is 10.2. The molecule has 3 atom stereocenters. The van der Waals surface area contributed by atoms with E-state index in [0.717, 1.165) is 36.3 Å². The number of nitriles is 1. The Morgan fingerprint density at radius 2 is 1.84 bits per heavy atom. The lowest BCUT2D eigenvalue weighted by atomic mass is 9.87. The summed E-state index contributed by atoms with van der Waals surface area (Å²) in [5.41, 5.74) is 1.49. The van der Waals surface area contributed by atoms with E-state index in [1.165, 1.54) is 36.7 Å². The predicted octanol–water partition coefficient (Wildman–Crippen LogP) is 10.2. The van der Waals surface area contributed by atoms with Crippen molar-refractivity contribution in [1.29, 1.82) is 5.26 Å². The van der Waals surface area contributed by atoms with Gasteiger partial charge in [-0.3, -0.25) is 0 Å². The van der Waals surface area contributed by atoms with Gasteiger partial charge in [0.25, 0.3) is 0 Å². The molecule has 3 rings (SSSR count). The van der Waals surface area contributed by atoms with Crippen molar-refractivity contribution in [3.63, 3.8) is 0 Å². The fourth-order valence-corrected chi connectivity index (χ4v) is 6.87. The van der Waals surface area contributed by atoms with Crippen molar-refractivity contribution in [3.05, 3.63) is 75.3 Å². The van der Waals surface area contributed by atoms with Crippen molar-refractivity contribution in [2.75, 3.05) is 14.2 Å². The van der Waals surface area contributed by atoms with Gasteiger partial charge in [0.1, 0.15) is 23.4 Å². The molecule has 2 aromatic rings. The van der Waals surface area contributed by atoms with Gasteiger partial charge in [0, 0.05) is 34.6 Å². The lowest BCUT2D eigenvalue weighted by Gasteiger charge is -2.36. The second-order valence-corrected chi connectivity index (χ2v) is 12.9. The zero-order valence-electron chi connectivity index (χ0n) is 26.9. The molecule has 0 spiro atoms. The number of fused-ring (bicyclic) bond motifs is 1. The minimum atomic E-state index is -0.797. The average molecular weight is 610 g/mol. The van der Waals surface area contributed by atoms with E-state index in [4.69, 9.17) is 4.74 Å². The predicted molar refractivity (Wildman–Crippen MR) is 175 cm³/mol. The number of benzene rings is 1. The summed E-state index contributed by atoms with van der Waals surface area (Å²) in [4.78, 5) is 7.27. The topological polar surface area (TPSA) is 68.8 Å². The molecule has 0 fully saturated rings. The number of halogens is 2. The number of aliphatic imine (C=N–C) groups is 1. The number of aliphatic hydroxyl groups is 1. The summed E-state index contributed by atoms with van der Waals surface area (Å²) in [6.07, 6.45) is 5.39. The number of aliphatic hydroxyl groups excluding tert-OH is 1. The zero-order chi connectivity index (χ0) is 32.2. The van der Waals surface area contributed by atoms with Crippen LogP contribution in [-0.4, -0.2) is 35.9 Å². The molecule has 0 aliphatic heterocycles. The van der Waals surface area contributed by atoms with Gasteiger partial charge in [-0.2, -0.15) is 5.26 Å². The maximum Gasteiger partial charge on any atom is 0.206 e. The first-order valence-corrected chi connectivity index (χ1v) is 15.9. The highest BCUT2D eigenvalue weighted by atomic mass is 32.1. The van der Waals surface area contributed by atoms with Crippen LogP contribution < -0.4 is 0 Å². The highest BCUT2D eigenvalue weighted by Gasteiger charge is 2.32. The van der Waals surface area contributed by atoms with Gasteiger partial charge in [-0.25, -0.2) is 13.8 Å². The van der Waals surface area contributed by atoms with E-state index < -0.39 is 11.6 Å². The fourth-order valence-electron chi connectivity index (χ4n) is 5.55. The Kier molecular flexibility index (Phi) is 11.4. The summed E-state index contributed by atoms with van der Waals surface area (Å²) < 4.78 is 37.4. The van der Waals surface area contributed by atoms with E-state index in [-0.39, 0.29) is 45.2 Å². The van der Waals surface area contributed by atoms with Crippen LogP contribution in [0.3, 0.4) is 0 Å². The smallest absolute Gasteiger partial charge is 0.206 e. The maximum absolute atomic E-state index is 16.8. The number of ether oxygens (including phenoxy) is 1. The van der Waals surface area contributed by atoms with Gasteiger partial charge >= 0.3 is 0 Å². The lowest BCUT2D eigenvalue weighted by molar-refractivity contribution is 0.212. The van der Waals surface area contributed by atoms with Gasteiger partial charge < -0.3 is 14.7 Å². The summed E-state index contributed by atoms with van der Waals surface area (Å²) in [6, 6.07) is 5.08. The molecule has 1 N–H and O–H groups in total. The first kappa shape index (κ1) is 34.1. The molecular weight excluding hydrogens is 564 g/mol. The number of hydrogen-bond donors (Lipinski definition) is 1. The standard InChI is InChI=1S/C35H45F2N3O2S/c1-11-20(5)13-16-28(19(3)4)40(9)22(7)25-17-29(41)31(32(37)33(25)39-23(8)42-10)24-14-15-27(36)35-30(24)26(18-38)34(43-35)21(6)12-2/h14-15,17,19-21,28,41H,8,11-13,16H2,1-7,9-10H3/b25-22+,39-33+. The number of hydrogen-bond acceptors (Lipinski definition) is 6. The van der Waals surface area contributed by atoms with Crippen LogP contribution >= 0.6 is 11.3 Å². The van der Waals surface area contributed by atoms with E-state index in [0.29, 0.717) is 28.4 Å². The molecular formula is C35H45F2N3O2S. The van der Waals surface area contributed by atoms with Crippen LogP contribution in [0.25, 0.3) is 15.7 Å². The summed E-state index contributed by atoms with van der Waals surface area (Å²) in [5.74, 6) is -0.683. The second kappa shape index (κ2) is 14.4. The normalized spacial score (nSPS) is 18.0. The summed E-state index contributed by atoms with van der Waals surface area (Å²) >= 11 is 1.20. The Balaban J connectivity index is 2.30. The van der Waals surface area contributed by atoms with Crippen molar-refractivity contribution in [2.45, 2.75) is 86.1 Å². The van der Waals surface area contributed by atoms with Crippen LogP contribution in [0.4, 0.5) is 8.78 Å². The largest absolute Gasteiger partial charge is 0.507 e. The van der Waals surface area contributed by atoms with Crippen LogP contribution in [0.5, 0.6) is 0 Å². The second-order valence-electron chi connectivity index (χ2n) is 11.9. The molecule has 5 nitrogen and oxygen atoms in total. The number of methoxy groups -OCH3 is 1. The number of nitrogens with zero attached hydrogens (tertiary/aromatic N) is 3. The van der Waals surface area contributed by atoms with Crippen LogP contribution in [0.15, 0.2) is 58.5 Å². The van der Waals surface area contributed by atoms with Crippen LogP contribution in [0.1, 0.15) is 96.1 Å². The van der Waals surface area contributed by atoms with Crippen molar-refractivity contribution in [2.24, 2.45) is 16.8 Å². The monoisotopic (exact) mass is 609 g/mol. The molecule has 0 saturated carbocycles. The van der Waals surface area contributed by atoms with Crippen molar-refractivity contribution in [3.8, 4) is 6.07 Å². The number of allylic oxidation sites excluding steroid dienone is 5. The fraction of sp³-hybridized carbons (Fsp3) is 0.486. The van der Waals surface area contributed by atoms with Gasteiger partial charge in [-0.15, -0.1) is 11.3 Å². The van der Waals surface area contributed by atoms with Crippen LogP contribution in [-0.2, 0) is 4.74 Å². The Morgan fingerprint density at radius 1 is 1.16 bits per heavy atom. The summed E-state index contributed by atoms with van der Waals surface area (Å²) in [6.45, 7) is 18.4. The Morgan fingerprint density at radius 3 is 2.40 bits per heavy atom. The average Bonchev–Trinajstić information content (AvgIpc) is 3.38. The molecule has 0 amide bonds. The molecule has 1 aliphatic rings. The van der Waals surface area contributed by atoms with Crippen molar-refractivity contribution < 1.29 is 18.6 Å². The van der Waals surface area contributed by atoms with E-state index in [1.807, 2.05) is 27.8 Å². The minimum absolute atomic E-state index is 0.000908. The molecule has 1 aromatic heterocycles. The Labute approximate surface area is 259 Å². The number of thiophene rings is 1. The Hall–Kier alpha value is -3.44. The first-order chi connectivity index (χ1) is 20.3. The molecule has 43 heavy (non-hydrogen) atoms. The van der Waals surface area contributed by atoms with Crippen LogP contribution in [0.2, 0.25) is 0 Å². The molecule has 232 valence electrons. The molecule has 0 radical (unpaired) electrons. The van der Waals surface area contributed by atoms with E-state index >= 15 is 8.78 Å². The quantitative estimate of drug-likeness (QED) is 0.243. The van der Waals surface area contributed by atoms with E-state index in [2.05, 4.69) is 50.2 Å². The third-order valence-electron chi connectivity index (χ3n) is 8.79. The molecule has 3 unspecified atom stereocenters. The van der Waals surface area contributed by atoms with Gasteiger partial charge in [-0.05, 0) is 68.2 Å². The van der Waals surface area contributed by atoms with Gasteiger partial charge in [-0.1, -0.05) is 54.0 Å². The molecule has 1 aromatic carbocycles. The van der Waals surface area contributed by atoms with Gasteiger partial charge in [0.2, 0.25) is 5.88 Å². The first-order valence-electron chi connectivity index (χ1n) is 15.0. The van der Waals surface area contributed by atoms with Crippen LogP contribution in [0, 0.1) is 29.0 Å². The van der Waals surface area contributed by atoms with Gasteiger partial charge in [0.15, 0.2) is 5.83 Å². The molecule has 8 heteroatoms. The van der Waals surface area contributed by atoms with Crippen molar-refractivity contribution in [1.82, 2.24) is 4.90 Å². The Bertz CT molecular complexity index is 1540. The molecule has 1 heterocycles. The molecule has 1 aliphatic carbocycles. The summed E-state index contributed by atoms with van der Waals surface area (Å²) in [5, 5.41) is 21.9. The maximum atomic E-state index is 16.8. The minimum Gasteiger partial charge on any atom is -0.507 e. The van der Waals surface area contributed by atoms with E-state index in [1.54, 1.807) is 0 Å². The molecule has 0 bridgehead atoms. The SMILES string of the molecule is C=C(/N=C1/C(F)=C(c2ccc(F)c3sc(C(C)CC)c(C#N)c23)C(O)=C/C1=C(/C)N(C)C(CCC(C)CC)C(C)C)OC. The van der Waals surface area contributed by atoms with Crippen molar-refractivity contribution >= 4 is 32.7 Å². The van der Waals surface area contributed by atoms with Gasteiger partial charge in [0.05, 0.1) is 22.9 Å². The molecule has 0 saturated heterocycles. The van der Waals surface area contributed by atoms with E-state index in [9.17, 15) is 10.4 Å². The number of rotatable bonds is 12. The highest BCUT2D eigenvalue weighted by molar-refractivity contribution is 7.19. The third kappa shape index (κ3) is 6.88. The highest BCUT2D eigenvalue weighted by Crippen LogP contribution is 2.45.